The van der Waals surface area contributed by atoms with Gasteiger partial charge in [0.1, 0.15) is 5.60 Å². The zero-order valence-electron chi connectivity index (χ0n) is 9.89. The molecule has 2 heteroatoms. The Morgan fingerprint density at radius 3 is 2.53 bits per heavy atom. The van der Waals surface area contributed by atoms with Crippen molar-refractivity contribution in [2.45, 2.75) is 37.7 Å². The van der Waals surface area contributed by atoms with Crippen molar-refractivity contribution in [2.24, 2.45) is 0 Å². The van der Waals surface area contributed by atoms with Crippen LogP contribution in [0.15, 0.2) is 36.4 Å². The summed E-state index contributed by atoms with van der Waals surface area (Å²) in [6.07, 6.45) is 5.13. The maximum absolute atomic E-state index is 10.6. The molecule has 2 aromatic rings. The number of hydrogen-bond donors (Lipinski definition) is 1. The van der Waals surface area contributed by atoms with E-state index in [0.29, 0.717) is 0 Å². The minimum absolute atomic E-state index is 0.692. The molecule has 0 atom stereocenters. The van der Waals surface area contributed by atoms with Crippen molar-refractivity contribution in [1.29, 1.82) is 0 Å². The van der Waals surface area contributed by atoms with Crippen molar-refractivity contribution >= 4 is 10.9 Å². The number of para-hydroxylation sites is 1. The first kappa shape index (κ1) is 10.7. The van der Waals surface area contributed by atoms with E-state index in [2.05, 4.69) is 17.1 Å². The van der Waals surface area contributed by atoms with Gasteiger partial charge in [0.25, 0.3) is 0 Å². The molecule has 1 heterocycles. The zero-order chi connectivity index (χ0) is 11.7. The number of rotatable bonds is 1. The molecule has 0 saturated heterocycles. The fourth-order valence-electron chi connectivity index (χ4n) is 2.72. The summed E-state index contributed by atoms with van der Waals surface area (Å²) in [5.41, 5.74) is 1.13. The number of aliphatic hydroxyl groups is 1. The van der Waals surface area contributed by atoms with Crippen LogP contribution in [0.5, 0.6) is 0 Å². The van der Waals surface area contributed by atoms with Crippen LogP contribution in [0.3, 0.4) is 0 Å². The molecular formula is C15H17NO. The minimum atomic E-state index is -0.692. The predicted molar refractivity (Wildman–Crippen MR) is 68.7 cm³/mol. The number of fused-ring (bicyclic) bond motifs is 1. The maximum Gasteiger partial charge on any atom is 0.107 e. The Morgan fingerprint density at radius 1 is 0.941 bits per heavy atom. The van der Waals surface area contributed by atoms with Gasteiger partial charge >= 0.3 is 0 Å². The van der Waals surface area contributed by atoms with Crippen LogP contribution in [0.25, 0.3) is 10.9 Å². The van der Waals surface area contributed by atoms with E-state index in [1.165, 1.54) is 6.42 Å². The van der Waals surface area contributed by atoms with E-state index in [4.69, 9.17) is 0 Å². The Bertz CT molecular complexity index is 529. The van der Waals surface area contributed by atoms with E-state index in [9.17, 15) is 5.11 Å². The molecule has 1 aromatic carbocycles. The summed E-state index contributed by atoms with van der Waals surface area (Å²) < 4.78 is 0. The zero-order valence-corrected chi connectivity index (χ0v) is 9.89. The van der Waals surface area contributed by atoms with E-state index in [0.717, 1.165) is 42.3 Å². The second-order valence-corrected chi connectivity index (χ2v) is 4.98. The molecule has 1 fully saturated rings. The molecule has 1 aliphatic carbocycles. The van der Waals surface area contributed by atoms with Gasteiger partial charge in [0, 0.05) is 5.39 Å². The molecule has 2 nitrogen and oxygen atoms in total. The van der Waals surface area contributed by atoms with Crippen LogP contribution in [-0.4, -0.2) is 10.1 Å². The standard InChI is InChI=1S/C15H17NO/c17-15(10-4-1-5-11-15)14-9-8-12-6-2-3-7-13(12)16-14/h2-3,6-9,17H,1,4-5,10-11H2. The Labute approximate surface area is 101 Å². The first-order valence-electron chi connectivity index (χ1n) is 6.37. The average molecular weight is 227 g/mol. The SMILES string of the molecule is OC1(c2ccc3ccccc3n2)CCCCC1. The largest absolute Gasteiger partial charge is 0.384 e. The molecule has 88 valence electrons. The maximum atomic E-state index is 10.6. The van der Waals surface area contributed by atoms with Gasteiger partial charge in [-0.05, 0) is 25.0 Å². The van der Waals surface area contributed by atoms with Crippen molar-refractivity contribution in [1.82, 2.24) is 4.98 Å². The lowest BCUT2D eigenvalue weighted by molar-refractivity contribution is -0.00434. The molecule has 1 saturated carbocycles. The molecule has 1 aromatic heterocycles. The second-order valence-electron chi connectivity index (χ2n) is 4.98. The highest BCUT2D eigenvalue weighted by Crippen LogP contribution is 2.36. The number of nitrogens with zero attached hydrogens (tertiary/aromatic N) is 1. The van der Waals surface area contributed by atoms with E-state index in [1.54, 1.807) is 0 Å². The lowest BCUT2D eigenvalue weighted by Crippen LogP contribution is -2.29. The molecule has 0 bridgehead atoms. The topological polar surface area (TPSA) is 33.1 Å². The van der Waals surface area contributed by atoms with E-state index in [-0.39, 0.29) is 0 Å². The Balaban J connectivity index is 2.05. The van der Waals surface area contributed by atoms with Gasteiger partial charge in [0.05, 0.1) is 11.2 Å². The van der Waals surface area contributed by atoms with Crippen molar-refractivity contribution in [2.75, 3.05) is 0 Å². The molecule has 0 amide bonds. The van der Waals surface area contributed by atoms with Gasteiger partial charge in [-0.15, -0.1) is 0 Å². The minimum Gasteiger partial charge on any atom is -0.384 e. The van der Waals surface area contributed by atoms with Gasteiger partial charge in [0.15, 0.2) is 0 Å². The van der Waals surface area contributed by atoms with E-state index < -0.39 is 5.60 Å². The van der Waals surface area contributed by atoms with Crippen molar-refractivity contribution in [3.63, 3.8) is 0 Å². The fraction of sp³-hybridized carbons (Fsp3) is 0.400. The first-order chi connectivity index (χ1) is 8.28. The number of pyridine rings is 1. The third-order valence-corrected chi connectivity index (χ3v) is 3.76. The average Bonchev–Trinajstić information content (AvgIpc) is 2.39. The highest BCUT2D eigenvalue weighted by Gasteiger charge is 2.32. The molecule has 3 rings (SSSR count). The van der Waals surface area contributed by atoms with Crippen molar-refractivity contribution in [3.8, 4) is 0 Å². The van der Waals surface area contributed by atoms with E-state index >= 15 is 0 Å². The summed E-state index contributed by atoms with van der Waals surface area (Å²) in [6.45, 7) is 0. The Kier molecular flexibility index (Phi) is 2.60. The summed E-state index contributed by atoms with van der Waals surface area (Å²) >= 11 is 0. The van der Waals surface area contributed by atoms with Crippen LogP contribution in [0.1, 0.15) is 37.8 Å². The molecule has 1 aliphatic rings. The van der Waals surface area contributed by atoms with Gasteiger partial charge in [-0.25, -0.2) is 4.98 Å². The smallest absolute Gasteiger partial charge is 0.107 e. The molecule has 0 aliphatic heterocycles. The summed E-state index contributed by atoms with van der Waals surface area (Å²) in [7, 11) is 0. The van der Waals surface area contributed by atoms with Gasteiger partial charge in [-0.1, -0.05) is 43.5 Å². The highest BCUT2D eigenvalue weighted by molar-refractivity contribution is 5.78. The lowest BCUT2D eigenvalue weighted by atomic mass is 9.82. The third-order valence-electron chi connectivity index (χ3n) is 3.76. The van der Waals surface area contributed by atoms with E-state index in [1.807, 2.05) is 24.3 Å². The number of aromatic nitrogens is 1. The molecule has 17 heavy (non-hydrogen) atoms. The highest BCUT2D eigenvalue weighted by atomic mass is 16.3. The molecule has 0 spiro atoms. The van der Waals surface area contributed by atoms with Crippen molar-refractivity contribution in [3.05, 3.63) is 42.1 Å². The molecule has 0 radical (unpaired) electrons. The van der Waals surface area contributed by atoms with Crippen LogP contribution in [0, 0.1) is 0 Å². The number of hydrogen-bond acceptors (Lipinski definition) is 2. The summed E-state index contributed by atoms with van der Waals surface area (Å²) in [5.74, 6) is 0. The summed E-state index contributed by atoms with van der Waals surface area (Å²) in [4.78, 5) is 4.62. The van der Waals surface area contributed by atoms with Crippen LogP contribution in [-0.2, 0) is 5.60 Å². The Morgan fingerprint density at radius 2 is 1.71 bits per heavy atom. The molecule has 1 N–H and O–H groups in total. The van der Waals surface area contributed by atoms with Crippen LogP contribution in [0.2, 0.25) is 0 Å². The third kappa shape index (κ3) is 1.93. The van der Waals surface area contributed by atoms with Crippen LogP contribution >= 0.6 is 0 Å². The fourth-order valence-corrected chi connectivity index (χ4v) is 2.72. The monoisotopic (exact) mass is 227 g/mol. The van der Waals surface area contributed by atoms with Crippen LogP contribution < -0.4 is 0 Å². The van der Waals surface area contributed by atoms with Gasteiger partial charge in [-0.2, -0.15) is 0 Å². The quantitative estimate of drug-likeness (QED) is 0.810. The Hall–Kier alpha value is -1.41. The normalized spacial score (nSPS) is 19.4. The van der Waals surface area contributed by atoms with Gasteiger partial charge < -0.3 is 5.11 Å². The predicted octanol–water partition coefficient (Wildman–Crippen LogP) is 3.39. The first-order valence-corrected chi connectivity index (χ1v) is 6.37. The van der Waals surface area contributed by atoms with Crippen LogP contribution in [0.4, 0.5) is 0 Å². The molecule has 0 unspecified atom stereocenters. The van der Waals surface area contributed by atoms with Gasteiger partial charge in [0.2, 0.25) is 0 Å². The molecular weight excluding hydrogens is 210 g/mol. The van der Waals surface area contributed by atoms with Gasteiger partial charge in [-0.3, -0.25) is 0 Å². The second kappa shape index (κ2) is 4.11. The summed E-state index contributed by atoms with van der Waals surface area (Å²) in [5, 5.41) is 11.8. The lowest BCUT2D eigenvalue weighted by Gasteiger charge is -2.31. The number of benzene rings is 1. The van der Waals surface area contributed by atoms with Crippen molar-refractivity contribution < 1.29 is 5.11 Å². The summed E-state index contributed by atoms with van der Waals surface area (Å²) in [6, 6.07) is 12.1.